The van der Waals surface area contributed by atoms with Crippen molar-refractivity contribution in [3.05, 3.63) is 53.9 Å². The number of carbonyl (C=O) groups is 1. The van der Waals surface area contributed by atoms with Crippen molar-refractivity contribution in [1.82, 2.24) is 15.0 Å². The molecule has 3 aromatic heterocycles. The fraction of sp³-hybridized carbons (Fsp3) is 0.261. The van der Waals surface area contributed by atoms with E-state index in [1.54, 1.807) is 12.3 Å². The van der Waals surface area contributed by atoms with E-state index >= 15 is 0 Å². The normalized spacial score (nSPS) is 16.9. The van der Waals surface area contributed by atoms with E-state index in [1.807, 2.05) is 37.3 Å². The number of anilines is 1. The number of pyridine rings is 2. The van der Waals surface area contributed by atoms with Crippen LogP contribution in [0, 0.1) is 6.92 Å². The quantitative estimate of drug-likeness (QED) is 0.394. The number of hydrogen-bond acceptors (Lipinski definition) is 7. The van der Waals surface area contributed by atoms with Crippen LogP contribution in [0.15, 0.2) is 42.6 Å². The number of hydrogen-bond donors (Lipinski definition) is 3. The van der Waals surface area contributed by atoms with Crippen molar-refractivity contribution in [1.29, 1.82) is 0 Å². The van der Waals surface area contributed by atoms with Crippen LogP contribution < -0.4 is 4.90 Å². The number of nitrogens with one attached hydrogen (secondary N) is 1. The Morgan fingerprint density at radius 3 is 2.62 bits per heavy atom. The Balaban J connectivity index is 1.64. The van der Waals surface area contributed by atoms with Crippen LogP contribution in [0.2, 0.25) is 0 Å². The first kappa shape index (κ1) is 20.7. The molecule has 0 bridgehead atoms. The van der Waals surface area contributed by atoms with Crippen LogP contribution in [0.4, 0.5) is 5.69 Å². The Labute approximate surface area is 186 Å². The summed E-state index contributed by atoms with van der Waals surface area (Å²) in [5.74, 6) is 0.311. The van der Waals surface area contributed by atoms with E-state index in [2.05, 4.69) is 14.9 Å². The van der Waals surface area contributed by atoms with Gasteiger partial charge in [-0.2, -0.15) is 10.6 Å². The summed E-state index contributed by atoms with van der Waals surface area (Å²) in [6.07, 6.45) is 1.75. The van der Waals surface area contributed by atoms with E-state index in [4.69, 9.17) is 9.72 Å². The number of nitrogens with zero attached hydrogens (tertiary/aromatic N) is 3. The number of ether oxygens (including phenoxy) is 1. The lowest BCUT2D eigenvalue weighted by molar-refractivity contribution is 0.0602. The number of fused-ring (bicyclic) bond motifs is 3. The summed E-state index contributed by atoms with van der Waals surface area (Å²) in [4.78, 5) is 27.3. The third kappa shape index (κ3) is 3.68. The number of carbonyl (C=O) groups excluding carboxylic acids is 1. The summed E-state index contributed by atoms with van der Waals surface area (Å²) >= 11 is 0. The highest BCUT2D eigenvalue weighted by atomic mass is 32.3. The minimum atomic E-state index is -2.45. The third-order valence-corrected chi connectivity index (χ3v) is 7.56. The Kier molecular flexibility index (Phi) is 5.04. The molecule has 8 nitrogen and oxygen atoms in total. The summed E-state index contributed by atoms with van der Waals surface area (Å²) in [7, 11) is -1.09. The average molecular weight is 453 g/mol. The van der Waals surface area contributed by atoms with Crippen molar-refractivity contribution in [2.45, 2.75) is 6.92 Å². The smallest absolute Gasteiger partial charge is 0.340 e. The van der Waals surface area contributed by atoms with Gasteiger partial charge < -0.3 is 14.6 Å². The van der Waals surface area contributed by atoms with Crippen LogP contribution in [0.5, 0.6) is 0 Å². The molecule has 4 aromatic rings. The number of aryl methyl sites for hydroxylation is 1. The Hall–Kier alpha value is -3.14. The van der Waals surface area contributed by atoms with Gasteiger partial charge in [0.25, 0.3) is 0 Å². The van der Waals surface area contributed by atoms with Crippen LogP contribution in [0.1, 0.15) is 16.1 Å². The standard InChI is InChI=1S/C23H24N4O4S/c1-14-3-4-15(13-24-14)19-12-18(23(28)31-2)22-21(25-19)17-6-5-16(11-20(17)26-22)27-7-9-32(29,30)10-8-27/h3-6,11-13,26,29-30H,7-10H2,1-2H3. The second kappa shape index (κ2) is 7.77. The van der Waals surface area contributed by atoms with Crippen LogP contribution in [0.3, 0.4) is 0 Å². The largest absolute Gasteiger partial charge is 0.465 e. The molecule has 166 valence electrons. The number of rotatable bonds is 3. The van der Waals surface area contributed by atoms with E-state index in [9.17, 15) is 13.9 Å². The van der Waals surface area contributed by atoms with Crippen molar-refractivity contribution in [2.75, 3.05) is 36.6 Å². The highest BCUT2D eigenvalue weighted by molar-refractivity contribution is 8.24. The van der Waals surface area contributed by atoms with Crippen LogP contribution in [0.25, 0.3) is 33.2 Å². The van der Waals surface area contributed by atoms with Crippen molar-refractivity contribution >= 4 is 44.2 Å². The minimum absolute atomic E-state index is 0.375. The van der Waals surface area contributed by atoms with Gasteiger partial charge in [-0.05, 0) is 43.3 Å². The highest BCUT2D eigenvalue weighted by Gasteiger charge is 2.23. The second-order valence-electron chi connectivity index (χ2n) is 8.01. The fourth-order valence-corrected chi connectivity index (χ4v) is 5.29. The summed E-state index contributed by atoms with van der Waals surface area (Å²) in [6, 6.07) is 11.6. The first-order chi connectivity index (χ1) is 15.3. The van der Waals surface area contributed by atoms with Gasteiger partial charge >= 0.3 is 5.97 Å². The Bertz CT molecular complexity index is 1320. The Morgan fingerprint density at radius 2 is 1.94 bits per heavy atom. The topological polar surface area (TPSA) is 112 Å². The molecular formula is C23H24N4O4S. The molecule has 0 spiro atoms. The summed E-state index contributed by atoms with van der Waals surface area (Å²) < 4.78 is 24.8. The van der Waals surface area contributed by atoms with Gasteiger partial charge in [0.2, 0.25) is 0 Å². The molecule has 3 N–H and O–H groups in total. The number of esters is 1. The van der Waals surface area contributed by atoms with Gasteiger partial charge in [0.15, 0.2) is 0 Å². The third-order valence-electron chi connectivity index (χ3n) is 5.89. The number of benzene rings is 1. The maximum atomic E-state index is 12.6. The number of H-pyrrole nitrogens is 1. The van der Waals surface area contributed by atoms with E-state index in [1.165, 1.54) is 7.11 Å². The SMILES string of the molecule is COC(=O)c1cc(-c2ccc(C)nc2)nc2c1[nH]c1cc(N3CCS(O)(O)CC3)ccc12. The van der Waals surface area contributed by atoms with Gasteiger partial charge in [0.05, 0.1) is 46.4 Å². The van der Waals surface area contributed by atoms with Crippen molar-refractivity contribution in [2.24, 2.45) is 0 Å². The molecule has 0 radical (unpaired) electrons. The molecule has 0 atom stereocenters. The first-order valence-corrected chi connectivity index (χ1v) is 12.2. The van der Waals surface area contributed by atoms with Crippen LogP contribution >= 0.6 is 10.6 Å². The zero-order valence-electron chi connectivity index (χ0n) is 17.8. The molecule has 5 rings (SSSR count). The van der Waals surface area contributed by atoms with Gasteiger partial charge in [0, 0.05) is 41.6 Å². The van der Waals surface area contributed by atoms with Crippen LogP contribution in [-0.2, 0) is 4.74 Å². The lowest BCUT2D eigenvalue weighted by Crippen LogP contribution is -2.38. The van der Waals surface area contributed by atoms with Crippen molar-refractivity contribution < 1.29 is 18.6 Å². The molecule has 0 amide bonds. The predicted molar refractivity (Wildman–Crippen MR) is 128 cm³/mol. The predicted octanol–water partition coefficient (Wildman–Crippen LogP) is 4.44. The molecule has 1 aliphatic rings. The van der Waals surface area contributed by atoms with E-state index in [-0.39, 0.29) is 0 Å². The molecule has 9 heteroatoms. The van der Waals surface area contributed by atoms with E-state index in [0.717, 1.165) is 27.8 Å². The molecule has 1 aliphatic heterocycles. The fourth-order valence-electron chi connectivity index (χ4n) is 4.06. The molecule has 0 unspecified atom stereocenters. The van der Waals surface area contributed by atoms with Crippen molar-refractivity contribution in [3.8, 4) is 11.3 Å². The van der Waals surface area contributed by atoms with Gasteiger partial charge in [0.1, 0.15) is 0 Å². The molecule has 0 aliphatic carbocycles. The molecule has 1 aromatic carbocycles. The average Bonchev–Trinajstić information content (AvgIpc) is 3.16. The van der Waals surface area contributed by atoms with E-state index < -0.39 is 16.6 Å². The van der Waals surface area contributed by atoms with Crippen molar-refractivity contribution in [3.63, 3.8) is 0 Å². The summed E-state index contributed by atoms with van der Waals surface area (Å²) in [6.45, 7) is 3.09. The van der Waals surface area contributed by atoms with Crippen LogP contribution in [-0.4, -0.2) is 61.7 Å². The molecule has 1 fully saturated rings. The molecular weight excluding hydrogens is 428 g/mol. The monoisotopic (exact) mass is 452 g/mol. The van der Waals surface area contributed by atoms with Gasteiger partial charge in [-0.1, -0.05) is 0 Å². The zero-order chi connectivity index (χ0) is 22.5. The summed E-state index contributed by atoms with van der Waals surface area (Å²) in [5.41, 5.74) is 5.95. The van der Waals surface area contributed by atoms with Gasteiger partial charge in [-0.25, -0.2) is 9.78 Å². The van der Waals surface area contributed by atoms with Gasteiger partial charge in [-0.15, -0.1) is 0 Å². The van der Waals surface area contributed by atoms with Gasteiger partial charge in [-0.3, -0.25) is 14.1 Å². The molecule has 32 heavy (non-hydrogen) atoms. The number of aromatic amines is 1. The Morgan fingerprint density at radius 1 is 1.16 bits per heavy atom. The molecule has 4 heterocycles. The lowest BCUT2D eigenvalue weighted by Gasteiger charge is -2.41. The maximum Gasteiger partial charge on any atom is 0.340 e. The zero-order valence-corrected chi connectivity index (χ0v) is 18.6. The maximum absolute atomic E-state index is 12.6. The molecule has 1 saturated heterocycles. The minimum Gasteiger partial charge on any atom is -0.465 e. The second-order valence-corrected chi connectivity index (χ2v) is 10.4. The number of aromatic nitrogens is 3. The molecule has 0 saturated carbocycles. The lowest BCUT2D eigenvalue weighted by atomic mass is 10.1. The highest BCUT2D eigenvalue weighted by Crippen LogP contribution is 2.41. The number of methoxy groups -OCH3 is 1. The van der Waals surface area contributed by atoms with E-state index in [0.29, 0.717) is 46.9 Å². The first-order valence-electron chi connectivity index (χ1n) is 10.3. The summed E-state index contributed by atoms with van der Waals surface area (Å²) in [5, 5.41) is 0.900.